The Bertz CT molecular complexity index is 712. The Hall–Kier alpha value is -1.85. The fourth-order valence-corrected chi connectivity index (χ4v) is 3.69. The van der Waals surface area contributed by atoms with Crippen LogP contribution in [0.5, 0.6) is 0 Å². The fraction of sp³-hybridized carbons (Fsp3) is 0.222. The van der Waals surface area contributed by atoms with Gasteiger partial charge in [-0.2, -0.15) is 0 Å². The van der Waals surface area contributed by atoms with Crippen molar-refractivity contribution in [3.63, 3.8) is 0 Å². The Kier molecular flexibility index (Phi) is 5.21. The second-order valence-electron chi connectivity index (χ2n) is 4.96. The van der Waals surface area contributed by atoms with Crippen LogP contribution in [0.2, 0.25) is 0 Å². The maximum atomic E-state index is 13.2. The molecule has 1 N–H and O–H groups in total. The normalized spacial score (nSPS) is 16.0. The van der Waals surface area contributed by atoms with Gasteiger partial charge in [-0.1, -0.05) is 54.5 Å². The van der Waals surface area contributed by atoms with Gasteiger partial charge in [-0.05, 0) is 37.2 Å². The summed E-state index contributed by atoms with van der Waals surface area (Å²) in [4.78, 5) is 0. The zero-order chi connectivity index (χ0) is 16.1. The lowest BCUT2D eigenvalue weighted by atomic mass is 10.1. The lowest BCUT2D eigenvalue weighted by Crippen LogP contribution is -2.22. The summed E-state index contributed by atoms with van der Waals surface area (Å²) >= 11 is 0. The van der Waals surface area contributed by atoms with Crippen LogP contribution in [0.3, 0.4) is 0 Å². The number of hydrogen-bond acceptors (Lipinski definition) is 3. The van der Waals surface area contributed by atoms with Crippen molar-refractivity contribution >= 4 is 7.37 Å². The van der Waals surface area contributed by atoms with Gasteiger partial charge in [0.1, 0.15) is 0 Å². The lowest BCUT2D eigenvalue weighted by Gasteiger charge is -2.29. The van der Waals surface area contributed by atoms with Crippen LogP contribution < -0.4 is 0 Å². The molecule has 0 saturated carbocycles. The first-order chi connectivity index (χ1) is 10.5. The molecule has 2 aromatic carbocycles. The van der Waals surface area contributed by atoms with E-state index in [0.29, 0.717) is 5.56 Å². The summed E-state index contributed by atoms with van der Waals surface area (Å²) in [7, 11) is -3.62. The molecule has 0 aliphatic heterocycles. The molecule has 0 saturated heterocycles. The zero-order valence-corrected chi connectivity index (χ0v) is 13.6. The van der Waals surface area contributed by atoms with E-state index in [9.17, 15) is 9.67 Å². The van der Waals surface area contributed by atoms with Crippen LogP contribution in [0.25, 0.3) is 0 Å². The molecule has 0 radical (unpaired) electrons. The SMILES string of the molecule is CCO[P@@](=O)(C#Cc1ccccc1)[C@@](C)(O)c1ccccc1. The van der Waals surface area contributed by atoms with Crippen LogP contribution >= 0.6 is 7.37 Å². The van der Waals surface area contributed by atoms with E-state index in [1.165, 1.54) is 6.92 Å². The van der Waals surface area contributed by atoms with Crippen LogP contribution in [0.1, 0.15) is 25.0 Å². The number of hydrogen-bond donors (Lipinski definition) is 1. The standard InChI is InChI=1S/C18H19O3P/c1-3-21-22(20,15-14-16-10-6-4-7-11-16)18(2,19)17-12-8-5-9-13-17/h4-13,19H,3H2,1-2H3/t18-,22+/m1/s1. The van der Waals surface area contributed by atoms with Gasteiger partial charge in [0.25, 0.3) is 0 Å². The van der Waals surface area contributed by atoms with E-state index >= 15 is 0 Å². The van der Waals surface area contributed by atoms with E-state index < -0.39 is 12.7 Å². The van der Waals surface area contributed by atoms with Crippen LogP contribution in [0, 0.1) is 11.6 Å². The summed E-state index contributed by atoms with van der Waals surface area (Å²) in [6.07, 6.45) is 0. The number of rotatable bonds is 4. The van der Waals surface area contributed by atoms with E-state index in [1.54, 1.807) is 31.2 Å². The first kappa shape index (κ1) is 16.5. The van der Waals surface area contributed by atoms with Crippen molar-refractivity contribution in [2.75, 3.05) is 6.61 Å². The molecule has 2 rings (SSSR count). The van der Waals surface area contributed by atoms with Gasteiger partial charge in [-0.25, -0.2) is 0 Å². The Morgan fingerprint density at radius 1 is 1.09 bits per heavy atom. The third-order valence-corrected chi connectivity index (χ3v) is 5.76. The van der Waals surface area contributed by atoms with Crippen LogP contribution in [-0.4, -0.2) is 11.7 Å². The van der Waals surface area contributed by atoms with Crippen molar-refractivity contribution in [3.05, 3.63) is 71.8 Å². The Morgan fingerprint density at radius 2 is 1.64 bits per heavy atom. The van der Waals surface area contributed by atoms with E-state index in [-0.39, 0.29) is 6.61 Å². The minimum absolute atomic E-state index is 0.212. The van der Waals surface area contributed by atoms with Crippen LogP contribution in [0.15, 0.2) is 60.7 Å². The molecule has 0 spiro atoms. The summed E-state index contributed by atoms with van der Waals surface area (Å²) in [5.41, 5.74) is 3.94. The van der Waals surface area contributed by atoms with Gasteiger partial charge in [-0.3, -0.25) is 4.57 Å². The Morgan fingerprint density at radius 3 is 2.18 bits per heavy atom. The summed E-state index contributed by atoms with van der Waals surface area (Å²) < 4.78 is 18.6. The predicted octanol–water partition coefficient (Wildman–Crippen LogP) is 4.18. The Labute approximate surface area is 131 Å². The molecule has 22 heavy (non-hydrogen) atoms. The first-order valence-electron chi connectivity index (χ1n) is 7.10. The molecule has 2 aromatic rings. The van der Waals surface area contributed by atoms with Crippen molar-refractivity contribution in [3.8, 4) is 11.6 Å². The molecule has 0 amide bonds. The van der Waals surface area contributed by atoms with Crippen molar-refractivity contribution in [1.29, 1.82) is 0 Å². The molecule has 3 nitrogen and oxygen atoms in total. The maximum Gasteiger partial charge on any atom is 0.308 e. The zero-order valence-electron chi connectivity index (χ0n) is 12.7. The van der Waals surface area contributed by atoms with Gasteiger partial charge in [-0.15, -0.1) is 0 Å². The molecule has 0 heterocycles. The minimum atomic E-state index is -3.62. The second kappa shape index (κ2) is 6.94. The highest BCUT2D eigenvalue weighted by Gasteiger charge is 2.44. The lowest BCUT2D eigenvalue weighted by molar-refractivity contribution is 0.122. The van der Waals surface area contributed by atoms with Gasteiger partial charge in [0.05, 0.1) is 6.61 Å². The minimum Gasteiger partial charge on any atom is -0.374 e. The highest BCUT2D eigenvalue weighted by atomic mass is 31.2. The molecule has 0 aliphatic carbocycles. The van der Waals surface area contributed by atoms with Crippen LogP contribution in [-0.2, 0) is 14.4 Å². The molecular weight excluding hydrogens is 295 g/mol. The highest BCUT2D eigenvalue weighted by Crippen LogP contribution is 2.61. The van der Waals surface area contributed by atoms with Crippen molar-refractivity contribution in [1.82, 2.24) is 0 Å². The first-order valence-corrected chi connectivity index (χ1v) is 8.73. The average Bonchev–Trinajstić information content (AvgIpc) is 2.55. The molecule has 0 aliphatic rings. The molecule has 0 unspecified atom stereocenters. The van der Waals surface area contributed by atoms with Crippen molar-refractivity contribution in [2.45, 2.75) is 19.2 Å². The topological polar surface area (TPSA) is 46.5 Å². The molecule has 114 valence electrons. The van der Waals surface area contributed by atoms with Gasteiger partial charge in [0.15, 0.2) is 5.34 Å². The Balaban J connectivity index is 2.45. The number of aliphatic hydroxyl groups is 1. The molecule has 0 fully saturated rings. The molecule has 2 atom stereocenters. The van der Waals surface area contributed by atoms with E-state index in [0.717, 1.165) is 5.56 Å². The third-order valence-electron chi connectivity index (χ3n) is 3.33. The highest BCUT2D eigenvalue weighted by molar-refractivity contribution is 7.65. The molecule has 0 aromatic heterocycles. The monoisotopic (exact) mass is 314 g/mol. The summed E-state index contributed by atoms with van der Waals surface area (Å²) in [6.45, 7) is 3.43. The third kappa shape index (κ3) is 3.48. The van der Waals surface area contributed by atoms with E-state index in [1.807, 2.05) is 36.4 Å². The average molecular weight is 314 g/mol. The fourth-order valence-electron chi connectivity index (χ4n) is 2.03. The maximum absolute atomic E-state index is 13.2. The molecular formula is C18H19O3P. The van der Waals surface area contributed by atoms with E-state index in [4.69, 9.17) is 4.52 Å². The van der Waals surface area contributed by atoms with Gasteiger partial charge in [0.2, 0.25) is 0 Å². The molecule has 4 heteroatoms. The quantitative estimate of drug-likeness (QED) is 0.680. The summed E-state index contributed by atoms with van der Waals surface area (Å²) in [5, 5.41) is 9.16. The second-order valence-corrected chi connectivity index (χ2v) is 7.41. The van der Waals surface area contributed by atoms with E-state index in [2.05, 4.69) is 11.6 Å². The largest absolute Gasteiger partial charge is 0.374 e. The summed E-state index contributed by atoms with van der Waals surface area (Å²) in [5.74, 6) is 2.85. The van der Waals surface area contributed by atoms with Gasteiger partial charge < -0.3 is 9.63 Å². The number of benzene rings is 2. The summed E-state index contributed by atoms with van der Waals surface area (Å²) in [6, 6.07) is 18.1. The molecule has 0 bridgehead atoms. The van der Waals surface area contributed by atoms with Crippen LogP contribution in [0.4, 0.5) is 0 Å². The van der Waals surface area contributed by atoms with Crippen molar-refractivity contribution in [2.24, 2.45) is 0 Å². The van der Waals surface area contributed by atoms with Crippen molar-refractivity contribution < 1.29 is 14.2 Å². The van der Waals surface area contributed by atoms with Gasteiger partial charge in [0, 0.05) is 5.56 Å². The van der Waals surface area contributed by atoms with Gasteiger partial charge >= 0.3 is 7.37 Å². The smallest absolute Gasteiger partial charge is 0.308 e. The predicted molar refractivity (Wildman–Crippen MR) is 88.6 cm³/mol.